The molecule has 2 heterocycles. The zero-order valence-corrected chi connectivity index (χ0v) is 13.4. The van der Waals surface area contributed by atoms with Gasteiger partial charge in [-0.2, -0.15) is 0 Å². The molecule has 0 saturated carbocycles. The average molecular weight is 334 g/mol. The maximum Gasteiger partial charge on any atom is 0.261 e. The molecule has 0 fully saturated rings. The summed E-state index contributed by atoms with van der Waals surface area (Å²) in [4.78, 5) is 16.8. The fourth-order valence-corrected chi connectivity index (χ4v) is 2.53. The summed E-state index contributed by atoms with van der Waals surface area (Å²) >= 11 is 0. The van der Waals surface area contributed by atoms with Crippen molar-refractivity contribution < 1.29 is 9.15 Å². The first-order valence-corrected chi connectivity index (χ1v) is 7.65. The van der Waals surface area contributed by atoms with E-state index in [1.165, 1.54) is 10.9 Å². The standard InChI is InChI=1S/C18H14N4O3/c1-24-13-8-6-12(7-9-13)17-21-20-16(25-17)10-22-11-19-15-5-3-2-4-14(15)18(22)23/h2-9,11H,10H2,1H3. The van der Waals surface area contributed by atoms with Crippen LogP contribution in [-0.2, 0) is 6.54 Å². The minimum Gasteiger partial charge on any atom is -0.497 e. The second kappa shape index (κ2) is 6.20. The lowest BCUT2D eigenvalue weighted by atomic mass is 10.2. The Labute approximate surface area is 142 Å². The molecule has 0 saturated heterocycles. The van der Waals surface area contributed by atoms with E-state index in [2.05, 4.69) is 15.2 Å². The minimum atomic E-state index is -0.144. The van der Waals surface area contributed by atoms with Gasteiger partial charge in [0.2, 0.25) is 11.8 Å². The lowest BCUT2D eigenvalue weighted by Gasteiger charge is -2.03. The fourth-order valence-electron chi connectivity index (χ4n) is 2.53. The van der Waals surface area contributed by atoms with Gasteiger partial charge in [0.05, 0.1) is 24.3 Å². The number of benzene rings is 2. The van der Waals surface area contributed by atoms with Crippen LogP contribution in [0.25, 0.3) is 22.4 Å². The van der Waals surface area contributed by atoms with Crippen molar-refractivity contribution in [3.8, 4) is 17.2 Å². The van der Waals surface area contributed by atoms with Crippen LogP contribution in [0.5, 0.6) is 5.75 Å². The minimum absolute atomic E-state index is 0.144. The molecule has 0 radical (unpaired) electrons. The summed E-state index contributed by atoms with van der Waals surface area (Å²) in [5.41, 5.74) is 1.30. The van der Waals surface area contributed by atoms with Gasteiger partial charge in [0.15, 0.2) is 0 Å². The van der Waals surface area contributed by atoms with Crippen molar-refractivity contribution in [2.75, 3.05) is 7.11 Å². The number of para-hydroxylation sites is 1. The predicted molar refractivity (Wildman–Crippen MR) is 91.4 cm³/mol. The molecule has 0 aliphatic rings. The molecule has 7 nitrogen and oxygen atoms in total. The Morgan fingerprint density at radius 3 is 2.68 bits per heavy atom. The first kappa shape index (κ1) is 15.1. The third kappa shape index (κ3) is 2.87. The van der Waals surface area contributed by atoms with Gasteiger partial charge in [-0.3, -0.25) is 9.36 Å². The number of nitrogens with zero attached hydrogens (tertiary/aromatic N) is 4. The van der Waals surface area contributed by atoms with E-state index in [-0.39, 0.29) is 12.1 Å². The summed E-state index contributed by atoms with van der Waals surface area (Å²) in [6, 6.07) is 14.5. The van der Waals surface area contributed by atoms with Gasteiger partial charge in [-0.15, -0.1) is 10.2 Å². The molecule has 4 aromatic rings. The van der Waals surface area contributed by atoms with E-state index in [0.717, 1.165) is 11.3 Å². The summed E-state index contributed by atoms with van der Waals surface area (Å²) in [5.74, 6) is 1.47. The Balaban J connectivity index is 1.63. The van der Waals surface area contributed by atoms with Gasteiger partial charge < -0.3 is 9.15 Å². The number of ether oxygens (including phenoxy) is 1. The van der Waals surface area contributed by atoms with Crippen LogP contribution in [0.1, 0.15) is 5.89 Å². The first-order chi connectivity index (χ1) is 12.2. The molecule has 0 atom stereocenters. The lowest BCUT2D eigenvalue weighted by molar-refractivity contribution is 0.415. The fraction of sp³-hybridized carbons (Fsp3) is 0.111. The maximum atomic E-state index is 12.5. The molecule has 0 unspecified atom stereocenters. The van der Waals surface area contributed by atoms with E-state index in [0.29, 0.717) is 22.7 Å². The Kier molecular flexibility index (Phi) is 3.74. The first-order valence-electron chi connectivity index (χ1n) is 7.65. The third-order valence-corrected chi connectivity index (χ3v) is 3.84. The van der Waals surface area contributed by atoms with Gasteiger partial charge in [0, 0.05) is 5.56 Å². The molecule has 0 amide bonds. The van der Waals surface area contributed by atoms with E-state index >= 15 is 0 Å². The molecule has 0 N–H and O–H groups in total. The molecule has 0 spiro atoms. The van der Waals surface area contributed by atoms with Crippen LogP contribution < -0.4 is 10.3 Å². The average Bonchev–Trinajstić information content (AvgIpc) is 3.13. The highest BCUT2D eigenvalue weighted by molar-refractivity contribution is 5.76. The highest BCUT2D eigenvalue weighted by Gasteiger charge is 2.11. The molecule has 0 aliphatic heterocycles. The molecule has 0 bridgehead atoms. The van der Waals surface area contributed by atoms with E-state index in [4.69, 9.17) is 9.15 Å². The number of aromatic nitrogens is 4. The van der Waals surface area contributed by atoms with Crippen molar-refractivity contribution in [1.82, 2.24) is 19.7 Å². The number of fused-ring (bicyclic) bond motifs is 1. The van der Waals surface area contributed by atoms with Crippen molar-refractivity contribution in [2.24, 2.45) is 0 Å². The van der Waals surface area contributed by atoms with Crippen LogP contribution in [0.15, 0.2) is 64.1 Å². The number of hydrogen-bond donors (Lipinski definition) is 0. The number of rotatable bonds is 4. The van der Waals surface area contributed by atoms with Crippen LogP contribution >= 0.6 is 0 Å². The van der Waals surface area contributed by atoms with E-state index in [1.54, 1.807) is 19.2 Å². The van der Waals surface area contributed by atoms with Crippen molar-refractivity contribution in [1.29, 1.82) is 0 Å². The zero-order chi connectivity index (χ0) is 17.2. The van der Waals surface area contributed by atoms with Crippen LogP contribution in [-0.4, -0.2) is 26.9 Å². The molecule has 4 rings (SSSR count). The summed E-state index contributed by atoms with van der Waals surface area (Å²) in [5, 5.41) is 8.61. The Morgan fingerprint density at radius 2 is 1.88 bits per heavy atom. The normalized spacial score (nSPS) is 10.9. The van der Waals surface area contributed by atoms with Gasteiger partial charge >= 0.3 is 0 Å². The van der Waals surface area contributed by atoms with Gasteiger partial charge in [0.1, 0.15) is 12.3 Å². The summed E-state index contributed by atoms with van der Waals surface area (Å²) in [6.07, 6.45) is 1.49. The number of methoxy groups -OCH3 is 1. The maximum absolute atomic E-state index is 12.5. The van der Waals surface area contributed by atoms with Crippen molar-refractivity contribution in [3.05, 3.63) is 71.1 Å². The highest BCUT2D eigenvalue weighted by Crippen LogP contribution is 2.21. The van der Waals surface area contributed by atoms with Gasteiger partial charge in [-0.05, 0) is 36.4 Å². The number of hydrogen-bond acceptors (Lipinski definition) is 6. The SMILES string of the molecule is COc1ccc(-c2nnc(Cn3cnc4ccccc4c3=O)o2)cc1. The van der Waals surface area contributed by atoms with Crippen LogP contribution in [0.2, 0.25) is 0 Å². The van der Waals surface area contributed by atoms with Gasteiger partial charge in [-0.25, -0.2) is 4.98 Å². The van der Waals surface area contributed by atoms with Gasteiger partial charge in [0.25, 0.3) is 5.56 Å². The molecule has 124 valence electrons. The molecular formula is C18H14N4O3. The molecule has 2 aromatic carbocycles. The van der Waals surface area contributed by atoms with Crippen molar-refractivity contribution >= 4 is 10.9 Å². The van der Waals surface area contributed by atoms with Crippen molar-refractivity contribution in [3.63, 3.8) is 0 Å². The van der Waals surface area contributed by atoms with E-state index in [1.807, 2.05) is 36.4 Å². The highest BCUT2D eigenvalue weighted by atomic mass is 16.5. The largest absolute Gasteiger partial charge is 0.497 e. The Morgan fingerprint density at radius 1 is 1.08 bits per heavy atom. The smallest absolute Gasteiger partial charge is 0.261 e. The van der Waals surface area contributed by atoms with Gasteiger partial charge in [-0.1, -0.05) is 12.1 Å². The third-order valence-electron chi connectivity index (χ3n) is 3.84. The summed E-state index contributed by atoms with van der Waals surface area (Å²) in [7, 11) is 1.61. The Bertz CT molecular complexity index is 1080. The monoisotopic (exact) mass is 334 g/mol. The quantitative estimate of drug-likeness (QED) is 0.570. The predicted octanol–water partition coefficient (Wildman–Crippen LogP) is 2.50. The van der Waals surface area contributed by atoms with E-state index < -0.39 is 0 Å². The van der Waals surface area contributed by atoms with Crippen LogP contribution in [0.4, 0.5) is 0 Å². The molecular weight excluding hydrogens is 320 g/mol. The van der Waals surface area contributed by atoms with Crippen LogP contribution in [0, 0.1) is 0 Å². The van der Waals surface area contributed by atoms with Crippen molar-refractivity contribution in [2.45, 2.75) is 6.54 Å². The second-order valence-electron chi connectivity index (χ2n) is 5.42. The summed E-state index contributed by atoms with van der Waals surface area (Å²) in [6.45, 7) is 0.166. The second-order valence-corrected chi connectivity index (χ2v) is 5.42. The summed E-state index contributed by atoms with van der Waals surface area (Å²) < 4.78 is 12.2. The zero-order valence-electron chi connectivity index (χ0n) is 13.4. The topological polar surface area (TPSA) is 83.0 Å². The lowest BCUT2D eigenvalue weighted by Crippen LogP contribution is -2.21. The molecule has 2 aromatic heterocycles. The molecule has 0 aliphatic carbocycles. The molecule has 7 heteroatoms. The molecule has 25 heavy (non-hydrogen) atoms. The Hall–Kier alpha value is -3.48. The van der Waals surface area contributed by atoms with E-state index in [9.17, 15) is 4.79 Å². The van der Waals surface area contributed by atoms with Crippen LogP contribution in [0.3, 0.4) is 0 Å².